The molecule has 0 unspecified atom stereocenters. The fourth-order valence-corrected chi connectivity index (χ4v) is 3.94. The molecule has 3 heterocycles. The molecule has 0 saturated heterocycles. The van der Waals surface area contributed by atoms with E-state index < -0.39 is 0 Å². The lowest BCUT2D eigenvalue weighted by atomic mass is 9.87. The number of benzene rings is 1. The number of aromatic amines is 1. The van der Waals surface area contributed by atoms with E-state index in [1.807, 2.05) is 48.7 Å². The van der Waals surface area contributed by atoms with Crippen molar-refractivity contribution in [3.8, 4) is 16.5 Å². The van der Waals surface area contributed by atoms with Gasteiger partial charge >= 0.3 is 0 Å². The normalized spacial score (nSPS) is 11.5. The molecular formula is C24H25N5O2S. The summed E-state index contributed by atoms with van der Waals surface area (Å²) in [6.07, 6.45) is 0.609. The van der Waals surface area contributed by atoms with Crippen molar-refractivity contribution < 1.29 is 4.79 Å². The summed E-state index contributed by atoms with van der Waals surface area (Å²) in [7, 11) is 0. The van der Waals surface area contributed by atoms with Crippen LogP contribution in [-0.4, -0.2) is 25.7 Å². The quantitative estimate of drug-likeness (QED) is 0.460. The van der Waals surface area contributed by atoms with Crippen LogP contribution in [-0.2, 0) is 11.8 Å². The van der Waals surface area contributed by atoms with Gasteiger partial charge in [0.15, 0.2) is 0 Å². The molecular weight excluding hydrogens is 422 g/mol. The van der Waals surface area contributed by atoms with Gasteiger partial charge in [0.1, 0.15) is 11.5 Å². The van der Waals surface area contributed by atoms with Crippen molar-refractivity contribution in [2.24, 2.45) is 0 Å². The standard InChI is InChI=1S/C24H25N5O2S/c1-5-17-13-21(30)27-23(25-17)29-20(14-18(28-29)19-7-6-12-32-19)26-22(31)15-8-10-16(11-9-15)24(2,3)4/h6-14H,5H2,1-4H3,(H,26,31)(H,25,27,30). The molecule has 164 valence electrons. The van der Waals surface area contributed by atoms with E-state index in [1.165, 1.54) is 10.7 Å². The van der Waals surface area contributed by atoms with Crippen LogP contribution in [0.4, 0.5) is 5.82 Å². The number of anilines is 1. The van der Waals surface area contributed by atoms with Crippen LogP contribution in [0.1, 0.15) is 49.3 Å². The highest BCUT2D eigenvalue weighted by atomic mass is 32.1. The number of hydrogen-bond donors (Lipinski definition) is 2. The number of thiophene rings is 1. The Hall–Kier alpha value is -3.52. The summed E-state index contributed by atoms with van der Waals surface area (Å²) in [5.41, 5.74) is 2.75. The van der Waals surface area contributed by atoms with Crippen molar-refractivity contribution in [2.75, 3.05) is 5.32 Å². The lowest BCUT2D eigenvalue weighted by molar-refractivity contribution is 0.102. The molecule has 8 heteroatoms. The number of carbonyl (C=O) groups excluding carboxylic acids is 1. The summed E-state index contributed by atoms with van der Waals surface area (Å²) in [6, 6.07) is 14.7. The van der Waals surface area contributed by atoms with Crippen LogP contribution in [0.15, 0.2) is 58.7 Å². The van der Waals surface area contributed by atoms with E-state index in [9.17, 15) is 9.59 Å². The Morgan fingerprint density at radius 2 is 1.91 bits per heavy atom. The Morgan fingerprint density at radius 3 is 2.53 bits per heavy atom. The van der Waals surface area contributed by atoms with Crippen molar-refractivity contribution in [2.45, 2.75) is 39.5 Å². The molecule has 0 saturated carbocycles. The first-order valence-corrected chi connectivity index (χ1v) is 11.3. The van der Waals surface area contributed by atoms with Crippen molar-refractivity contribution in [3.05, 3.63) is 81.1 Å². The second kappa shape index (κ2) is 8.55. The number of hydrogen-bond acceptors (Lipinski definition) is 5. The first kappa shape index (κ1) is 21.7. The predicted octanol–water partition coefficient (Wildman–Crippen LogP) is 4.80. The van der Waals surface area contributed by atoms with E-state index in [4.69, 9.17) is 0 Å². The minimum Gasteiger partial charge on any atom is -0.306 e. The maximum absolute atomic E-state index is 13.0. The van der Waals surface area contributed by atoms with Gasteiger partial charge in [-0.05, 0) is 41.0 Å². The summed E-state index contributed by atoms with van der Waals surface area (Å²) < 4.78 is 1.47. The average Bonchev–Trinajstić information content (AvgIpc) is 3.42. The highest BCUT2D eigenvalue weighted by Gasteiger charge is 2.18. The largest absolute Gasteiger partial charge is 0.306 e. The first-order chi connectivity index (χ1) is 15.2. The molecule has 1 aromatic carbocycles. The fraction of sp³-hybridized carbons (Fsp3) is 0.250. The molecule has 0 atom stereocenters. The van der Waals surface area contributed by atoms with Crippen LogP contribution in [0.5, 0.6) is 0 Å². The molecule has 0 bridgehead atoms. The third-order valence-electron chi connectivity index (χ3n) is 5.08. The summed E-state index contributed by atoms with van der Waals surface area (Å²) in [4.78, 5) is 33.3. The van der Waals surface area contributed by atoms with Crippen LogP contribution in [0.2, 0.25) is 0 Å². The molecule has 0 aliphatic carbocycles. The van der Waals surface area contributed by atoms with Gasteiger partial charge in [-0.3, -0.25) is 14.6 Å². The molecule has 1 amide bonds. The third-order valence-corrected chi connectivity index (χ3v) is 5.98. The van der Waals surface area contributed by atoms with Crippen LogP contribution in [0.25, 0.3) is 16.5 Å². The zero-order valence-electron chi connectivity index (χ0n) is 18.5. The summed E-state index contributed by atoms with van der Waals surface area (Å²) >= 11 is 1.54. The number of nitrogens with zero attached hydrogens (tertiary/aromatic N) is 3. The summed E-state index contributed by atoms with van der Waals surface area (Å²) in [6.45, 7) is 8.32. The maximum Gasteiger partial charge on any atom is 0.256 e. The Bertz CT molecular complexity index is 1300. The van der Waals surface area contributed by atoms with Gasteiger partial charge in [0.2, 0.25) is 5.95 Å². The molecule has 0 spiro atoms. The molecule has 2 N–H and O–H groups in total. The minimum absolute atomic E-state index is 0.00503. The zero-order valence-corrected chi connectivity index (χ0v) is 19.3. The van der Waals surface area contributed by atoms with Gasteiger partial charge in [0, 0.05) is 23.4 Å². The minimum atomic E-state index is -0.268. The van der Waals surface area contributed by atoms with Crippen molar-refractivity contribution >= 4 is 23.1 Å². The number of carbonyl (C=O) groups is 1. The van der Waals surface area contributed by atoms with Crippen LogP contribution in [0.3, 0.4) is 0 Å². The summed E-state index contributed by atoms with van der Waals surface area (Å²) in [5.74, 6) is 0.420. The van der Waals surface area contributed by atoms with Gasteiger partial charge in [0.05, 0.1) is 4.88 Å². The van der Waals surface area contributed by atoms with E-state index >= 15 is 0 Å². The van der Waals surface area contributed by atoms with Gasteiger partial charge < -0.3 is 5.32 Å². The monoisotopic (exact) mass is 447 g/mol. The Morgan fingerprint density at radius 1 is 1.16 bits per heavy atom. The topological polar surface area (TPSA) is 92.7 Å². The highest BCUT2D eigenvalue weighted by Crippen LogP contribution is 2.28. The van der Waals surface area contributed by atoms with Gasteiger partial charge in [-0.15, -0.1) is 11.3 Å². The number of amides is 1. The highest BCUT2D eigenvalue weighted by molar-refractivity contribution is 7.13. The van der Waals surface area contributed by atoms with E-state index in [0.29, 0.717) is 29.2 Å². The number of aryl methyl sites for hydroxylation is 1. The fourth-order valence-electron chi connectivity index (χ4n) is 3.26. The molecule has 4 aromatic rings. The van der Waals surface area contributed by atoms with Gasteiger partial charge in [-0.25, -0.2) is 4.98 Å². The van der Waals surface area contributed by atoms with Gasteiger partial charge in [-0.2, -0.15) is 9.78 Å². The van der Waals surface area contributed by atoms with Crippen LogP contribution < -0.4 is 10.9 Å². The molecule has 0 radical (unpaired) electrons. The molecule has 4 rings (SSSR count). The van der Waals surface area contributed by atoms with Crippen LogP contribution >= 0.6 is 11.3 Å². The number of H-pyrrole nitrogens is 1. The molecule has 3 aromatic heterocycles. The average molecular weight is 448 g/mol. The molecule has 32 heavy (non-hydrogen) atoms. The zero-order chi connectivity index (χ0) is 22.9. The SMILES string of the molecule is CCc1cc(=O)[nH]c(-n2nc(-c3cccs3)cc2NC(=O)c2ccc(C(C)(C)C)cc2)n1. The molecule has 7 nitrogen and oxygen atoms in total. The van der Waals surface area contributed by atoms with Crippen molar-refractivity contribution in [1.82, 2.24) is 19.7 Å². The predicted molar refractivity (Wildman–Crippen MR) is 128 cm³/mol. The molecule has 0 aliphatic rings. The van der Waals surface area contributed by atoms with Crippen molar-refractivity contribution in [3.63, 3.8) is 0 Å². The number of rotatable bonds is 5. The Labute approximate surface area is 190 Å². The van der Waals surface area contributed by atoms with Crippen molar-refractivity contribution in [1.29, 1.82) is 0 Å². The van der Waals surface area contributed by atoms with E-state index in [0.717, 1.165) is 10.4 Å². The van der Waals surface area contributed by atoms with Crippen LogP contribution in [0, 0.1) is 0 Å². The maximum atomic E-state index is 13.0. The lowest BCUT2D eigenvalue weighted by Crippen LogP contribution is -2.19. The summed E-state index contributed by atoms with van der Waals surface area (Å²) in [5, 5.41) is 9.50. The number of nitrogens with one attached hydrogen (secondary N) is 2. The van der Waals surface area contributed by atoms with E-state index in [2.05, 4.69) is 41.2 Å². The third kappa shape index (κ3) is 4.55. The second-order valence-electron chi connectivity index (χ2n) is 8.50. The number of aromatic nitrogens is 4. The molecule has 0 fully saturated rings. The van der Waals surface area contributed by atoms with Gasteiger partial charge in [0.25, 0.3) is 11.5 Å². The Balaban J connectivity index is 1.72. The first-order valence-electron chi connectivity index (χ1n) is 10.4. The van der Waals surface area contributed by atoms with Gasteiger partial charge in [-0.1, -0.05) is 45.9 Å². The molecule has 0 aliphatic heterocycles. The van der Waals surface area contributed by atoms with E-state index in [1.54, 1.807) is 17.4 Å². The smallest absolute Gasteiger partial charge is 0.256 e. The van der Waals surface area contributed by atoms with E-state index in [-0.39, 0.29) is 22.8 Å². The second-order valence-corrected chi connectivity index (χ2v) is 9.45. The Kier molecular flexibility index (Phi) is 5.80. The lowest BCUT2D eigenvalue weighted by Gasteiger charge is -2.19.